The predicted molar refractivity (Wildman–Crippen MR) is 148 cm³/mol. The molecule has 2 atom stereocenters. The fourth-order valence-electron chi connectivity index (χ4n) is 4.82. The fraction of sp³-hybridized carbons (Fsp3) is 0.871. The topological polar surface area (TPSA) is 52.6 Å². The minimum atomic E-state index is -0.417. The first-order valence-corrected chi connectivity index (χ1v) is 15.0. The average Bonchev–Trinajstić information content (AvgIpc) is 2.86. The van der Waals surface area contributed by atoms with Crippen molar-refractivity contribution >= 4 is 11.9 Å². The van der Waals surface area contributed by atoms with Gasteiger partial charge >= 0.3 is 11.9 Å². The van der Waals surface area contributed by atoms with Crippen LogP contribution in [-0.4, -0.2) is 19.0 Å². The summed E-state index contributed by atoms with van der Waals surface area (Å²) in [6.45, 7) is 6.55. The van der Waals surface area contributed by atoms with E-state index in [4.69, 9.17) is 9.47 Å². The van der Waals surface area contributed by atoms with Crippen LogP contribution in [0.2, 0.25) is 0 Å². The smallest absolute Gasteiger partial charge is 0.314 e. The quantitative estimate of drug-likeness (QED) is 0.0720. The summed E-state index contributed by atoms with van der Waals surface area (Å²) in [4.78, 5) is 24.6. The number of esters is 2. The minimum absolute atomic E-state index is 0.108. The molecule has 0 spiro atoms. The van der Waals surface area contributed by atoms with Gasteiger partial charge in [-0.3, -0.25) is 9.59 Å². The zero-order chi connectivity index (χ0) is 26.0. The third kappa shape index (κ3) is 20.6. The summed E-state index contributed by atoms with van der Waals surface area (Å²) in [5.74, 6) is -0.872. The zero-order valence-corrected chi connectivity index (χ0v) is 23.8. The Morgan fingerprint density at radius 1 is 0.657 bits per heavy atom. The van der Waals surface area contributed by atoms with Gasteiger partial charge in [-0.1, -0.05) is 124 Å². The molecule has 0 saturated heterocycles. The fourth-order valence-corrected chi connectivity index (χ4v) is 4.82. The number of rotatable bonds is 25. The lowest BCUT2D eigenvalue weighted by Gasteiger charge is -2.24. The van der Waals surface area contributed by atoms with E-state index >= 15 is 0 Å². The molecule has 2 unspecified atom stereocenters. The summed E-state index contributed by atoms with van der Waals surface area (Å²) in [6.07, 6.45) is 28.5. The highest BCUT2D eigenvalue weighted by Gasteiger charge is 2.31. The molecule has 35 heavy (non-hydrogen) atoms. The molecule has 0 fully saturated rings. The number of ether oxygens (including phenoxy) is 2. The monoisotopic (exact) mass is 494 g/mol. The van der Waals surface area contributed by atoms with Gasteiger partial charge in [0.25, 0.3) is 0 Å². The molecule has 4 heteroatoms. The first-order valence-electron chi connectivity index (χ1n) is 15.0. The standard InChI is InChI=1S/C31H58O4/c1-5-8-10-11-12-13-14-15-16-17-18-19-20-21-22-23-26-35-31(33)29(27-30(32)34-4)28(24-7-3)25-9-6-2/h23,26,28-29H,5-22,24-25,27H2,1-4H3/b26-23+. The number of unbranched alkanes of at least 4 members (excludes halogenated alkanes) is 15. The van der Waals surface area contributed by atoms with Crippen LogP contribution in [-0.2, 0) is 19.1 Å². The summed E-state index contributed by atoms with van der Waals surface area (Å²) in [5, 5.41) is 0. The Hall–Kier alpha value is -1.32. The summed E-state index contributed by atoms with van der Waals surface area (Å²) < 4.78 is 10.3. The summed E-state index contributed by atoms with van der Waals surface area (Å²) >= 11 is 0. The summed E-state index contributed by atoms with van der Waals surface area (Å²) in [7, 11) is 1.38. The van der Waals surface area contributed by atoms with Crippen molar-refractivity contribution in [2.75, 3.05) is 7.11 Å². The Morgan fingerprint density at radius 3 is 1.66 bits per heavy atom. The van der Waals surface area contributed by atoms with Crippen LogP contribution in [0.15, 0.2) is 12.3 Å². The SMILES string of the molecule is CCCCCCCCCCCCCCCC/C=C/OC(=O)C(CC(=O)OC)C(CCC)CCCC. The molecule has 0 rings (SSSR count). The molecule has 0 saturated carbocycles. The van der Waals surface area contributed by atoms with Crippen molar-refractivity contribution < 1.29 is 19.1 Å². The molecule has 0 bridgehead atoms. The average molecular weight is 495 g/mol. The van der Waals surface area contributed by atoms with E-state index in [9.17, 15) is 9.59 Å². The van der Waals surface area contributed by atoms with Crippen LogP contribution >= 0.6 is 0 Å². The second-order valence-electron chi connectivity index (χ2n) is 10.3. The van der Waals surface area contributed by atoms with Crippen molar-refractivity contribution in [2.45, 2.75) is 156 Å². The van der Waals surface area contributed by atoms with Crippen molar-refractivity contribution in [1.29, 1.82) is 0 Å². The van der Waals surface area contributed by atoms with E-state index in [1.54, 1.807) is 0 Å². The maximum absolute atomic E-state index is 12.8. The van der Waals surface area contributed by atoms with Gasteiger partial charge < -0.3 is 9.47 Å². The van der Waals surface area contributed by atoms with Crippen molar-refractivity contribution in [3.63, 3.8) is 0 Å². The number of methoxy groups -OCH3 is 1. The van der Waals surface area contributed by atoms with Gasteiger partial charge in [0, 0.05) is 0 Å². The lowest BCUT2D eigenvalue weighted by atomic mass is 9.82. The Bertz CT molecular complexity index is 514. The van der Waals surface area contributed by atoms with E-state index < -0.39 is 5.92 Å². The van der Waals surface area contributed by atoms with E-state index in [1.165, 1.54) is 96.8 Å². The van der Waals surface area contributed by atoms with Gasteiger partial charge in [0.2, 0.25) is 0 Å². The van der Waals surface area contributed by atoms with Gasteiger partial charge in [0.1, 0.15) is 0 Å². The Labute approximate surface area is 218 Å². The van der Waals surface area contributed by atoms with Gasteiger partial charge in [-0.25, -0.2) is 0 Å². The lowest BCUT2D eigenvalue weighted by Crippen LogP contribution is -2.28. The molecular formula is C31H58O4. The maximum atomic E-state index is 12.8. The van der Waals surface area contributed by atoms with E-state index in [0.717, 1.165) is 44.9 Å². The Balaban J connectivity index is 3.98. The first-order chi connectivity index (χ1) is 17.1. The molecule has 0 aromatic heterocycles. The molecule has 0 aromatic rings. The predicted octanol–water partition coefficient (Wildman–Crippen LogP) is 9.70. The lowest BCUT2D eigenvalue weighted by molar-refractivity contribution is -0.152. The van der Waals surface area contributed by atoms with Gasteiger partial charge in [-0.05, 0) is 37.7 Å². The molecule has 0 N–H and O–H groups in total. The van der Waals surface area contributed by atoms with E-state index in [2.05, 4.69) is 20.8 Å². The molecule has 0 radical (unpaired) electrons. The molecule has 0 aliphatic carbocycles. The minimum Gasteiger partial charge on any atom is -0.469 e. The van der Waals surface area contributed by atoms with Gasteiger partial charge in [0.15, 0.2) is 0 Å². The van der Waals surface area contributed by atoms with Crippen LogP contribution < -0.4 is 0 Å². The molecular weight excluding hydrogens is 436 g/mol. The van der Waals surface area contributed by atoms with E-state index in [-0.39, 0.29) is 24.3 Å². The molecule has 0 heterocycles. The van der Waals surface area contributed by atoms with Crippen molar-refractivity contribution in [3.05, 3.63) is 12.3 Å². The highest BCUT2D eigenvalue weighted by atomic mass is 16.5. The highest BCUT2D eigenvalue weighted by molar-refractivity contribution is 5.80. The molecule has 0 amide bonds. The van der Waals surface area contributed by atoms with Crippen molar-refractivity contribution in [2.24, 2.45) is 11.8 Å². The summed E-state index contributed by atoms with van der Waals surface area (Å²) in [6, 6.07) is 0. The highest BCUT2D eigenvalue weighted by Crippen LogP contribution is 2.28. The van der Waals surface area contributed by atoms with Crippen molar-refractivity contribution in [3.8, 4) is 0 Å². The van der Waals surface area contributed by atoms with Crippen LogP contribution in [0.1, 0.15) is 156 Å². The molecule has 4 nitrogen and oxygen atoms in total. The van der Waals surface area contributed by atoms with Gasteiger partial charge in [-0.15, -0.1) is 0 Å². The van der Waals surface area contributed by atoms with Gasteiger partial charge in [-0.2, -0.15) is 0 Å². The van der Waals surface area contributed by atoms with Crippen LogP contribution in [0.4, 0.5) is 0 Å². The molecule has 0 aromatic carbocycles. The second-order valence-corrected chi connectivity index (χ2v) is 10.3. The van der Waals surface area contributed by atoms with E-state index in [0.29, 0.717) is 0 Å². The van der Waals surface area contributed by atoms with Crippen LogP contribution in [0, 0.1) is 11.8 Å². The van der Waals surface area contributed by atoms with Gasteiger partial charge in [0.05, 0.1) is 25.7 Å². The molecule has 206 valence electrons. The zero-order valence-electron chi connectivity index (χ0n) is 23.8. The molecule has 0 aliphatic heterocycles. The summed E-state index contributed by atoms with van der Waals surface area (Å²) in [5.41, 5.74) is 0. The van der Waals surface area contributed by atoms with Crippen LogP contribution in [0.5, 0.6) is 0 Å². The van der Waals surface area contributed by atoms with Crippen LogP contribution in [0.25, 0.3) is 0 Å². The number of allylic oxidation sites excluding steroid dienone is 1. The number of carbonyl (C=O) groups excluding carboxylic acids is 2. The third-order valence-electron chi connectivity index (χ3n) is 7.08. The maximum Gasteiger partial charge on any atom is 0.314 e. The first kappa shape index (κ1) is 33.7. The Kier molecular flexibility index (Phi) is 24.8. The Morgan fingerprint density at radius 2 is 1.17 bits per heavy atom. The molecule has 0 aliphatic rings. The largest absolute Gasteiger partial charge is 0.469 e. The number of carbonyl (C=O) groups is 2. The second kappa shape index (κ2) is 25.8. The number of hydrogen-bond acceptors (Lipinski definition) is 4. The van der Waals surface area contributed by atoms with Crippen LogP contribution in [0.3, 0.4) is 0 Å². The third-order valence-corrected chi connectivity index (χ3v) is 7.08. The van der Waals surface area contributed by atoms with E-state index in [1.807, 2.05) is 6.08 Å². The van der Waals surface area contributed by atoms with Crippen molar-refractivity contribution in [1.82, 2.24) is 0 Å². The normalized spacial score (nSPS) is 13.1. The number of hydrogen-bond donors (Lipinski definition) is 0.